The van der Waals surface area contributed by atoms with E-state index in [9.17, 15) is 0 Å². The predicted octanol–water partition coefficient (Wildman–Crippen LogP) is 4.87. The summed E-state index contributed by atoms with van der Waals surface area (Å²) in [6.07, 6.45) is 5.17. The monoisotopic (exact) mass is 325 g/mol. The Hall–Kier alpha value is -2.00. The van der Waals surface area contributed by atoms with E-state index in [-0.39, 0.29) is 0 Å². The van der Waals surface area contributed by atoms with Crippen LogP contribution in [0.15, 0.2) is 48.5 Å². The summed E-state index contributed by atoms with van der Waals surface area (Å²) >= 11 is 0. The predicted molar refractivity (Wildman–Crippen MR) is 97.6 cm³/mol. The van der Waals surface area contributed by atoms with Gasteiger partial charge in [0, 0.05) is 12.6 Å². The lowest BCUT2D eigenvalue weighted by Gasteiger charge is -2.18. The normalized spacial score (nSPS) is 16.1. The molecule has 3 nitrogen and oxygen atoms in total. The van der Waals surface area contributed by atoms with Crippen molar-refractivity contribution in [3.63, 3.8) is 0 Å². The Kier molecular flexibility index (Phi) is 5.76. The second-order valence-corrected chi connectivity index (χ2v) is 6.52. The molecule has 0 spiro atoms. The van der Waals surface area contributed by atoms with Gasteiger partial charge in [-0.3, -0.25) is 0 Å². The molecule has 0 unspecified atom stereocenters. The van der Waals surface area contributed by atoms with Crippen molar-refractivity contribution < 1.29 is 9.47 Å². The molecule has 1 aliphatic carbocycles. The molecular weight excluding hydrogens is 298 g/mol. The van der Waals surface area contributed by atoms with Gasteiger partial charge in [-0.2, -0.15) is 0 Å². The van der Waals surface area contributed by atoms with Gasteiger partial charge in [0.15, 0.2) is 11.5 Å². The van der Waals surface area contributed by atoms with Crippen LogP contribution >= 0.6 is 0 Å². The summed E-state index contributed by atoms with van der Waals surface area (Å²) in [5.74, 6) is 1.69. The molecule has 1 fully saturated rings. The van der Waals surface area contributed by atoms with Crippen LogP contribution in [-0.2, 0) is 6.54 Å². The van der Waals surface area contributed by atoms with Crippen molar-refractivity contribution in [2.45, 2.75) is 51.3 Å². The van der Waals surface area contributed by atoms with E-state index in [2.05, 4.69) is 48.6 Å². The minimum Gasteiger partial charge on any atom is -0.493 e. The van der Waals surface area contributed by atoms with Crippen molar-refractivity contribution in [2.24, 2.45) is 0 Å². The molecule has 2 aromatic carbocycles. The second kappa shape index (κ2) is 8.20. The zero-order valence-electron chi connectivity index (χ0n) is 14.6. The molecule has 0 aromatic heterocycles. The molecule has 1 saturated carbocycles. The molecule has 3 heteroatoms. The maximum Gasteiger partial charge on any atom is 0.161 e. The van der Waals surface area contributed by atoms with Crippen LogP contribution in [-0.4, -0.2) is 13.2 Å². The SMILES string of the molecule is COc1ccc(CN[C@H](C)c2ccccc2)cc1OC1CCCC1. The third-order valence-electron chi connectivity index (χ3n) is 4.74. The van der Waals surface area contributed by atoms with Crippen molar-refractivity contribution in [2.75, 3.05) is 7.11 Å². The van der Waals surface area contributed by atoms with Crippen LogP contribution in [0.4, 0.5) is 0 Å². The first-order valence-electron chi connectivity index (χ1n) is 8.88. The zero-order valence-corrected chi connectivity index (χ0v) is 14.6. The molecular formula is C21H27NO2. The van der Waals surface area contributed by atoms with Crippen LogP contribution in [0.5, 0.6) is 11.5 Å². The molecule has 0 amide bonds. The molecule has 2 aromatic rings. The van der Waals surface area contributed by atoms with E-state index >= 15 is 0 Å². The maximum atomic E-state index is 6.18. The van der Waals surface area contributed by atoms with E-state index in [0.29, 0.717) is 12.1 Å². The van der Waals surface area contributed by atoms with Gasteiger partial charge < -0.3 is 14.8 Å². The number of benzene rings is 2. The van der Waals surface area contributed by atoms with E-state index in [1.54, 1.807) is 7.11 Å². The van der Waals surface area contributed by atoms with Gasteiger partial charge in [-0.05, 0) is 55.9 Å². The Morgan fingerprint density at radius 2 is 1.79 bits per heavy atom. The Balaban J connectivity index is 1.64. The Morgan fingerprint density at radius 3 is 2.50 bits per heavy atom. The second-order valence-electron chi connectivity index (χ2n) is 6.52. The minimum atomic E-state index is 0.313. The summed E-state index contributed by atoms with van der Waals surface area (Å²) < 4.78 is 11.6. The topological polar surface area (TPSA) is 30.5 Å². The lowest BCUT2D eigenvalue weighted by Crippen LogP contribution is -2.18. The standard InChI is InChI=1S/C21H27NO2/c1-16(18-8-4-3-5-9-18)22-15-17-12-13-20(23-2)21(14-17)24-19-10-6-7-11-19/h3-5,8-9,12-14,16,19,22H,6-7,10-11,15H2,1-2H3/t16-/m1/s1. The van der Waals surface area contributed by atoms with Crippen LogP contribution in [0.25, 0.3) is 0 Å². The Bertz CT molecular complexity index is 636. The van der Waals surface area contributed by atoms with Gasteiger partial charge >= 0.3 is 0 Å². The van der Waals surface area contributed by atoms with Gasteiger partial charge in [0.1, 0.15) is 0 Å². The van der Waals surface area contributed by atoms with Crippen molar-refractivity contribution >= 4 is 0 Å². The van der Waals surface area contributed by atoms with Crippen molar-refractivity contribution in [1.82, 2.24) is 5.32 Å². The lowest BCUT2D eigenvalue weighted by atomic mass is 10.1. The van der Waals surface area contributed by atoms with E-state index < -0.39 is 0 Å². The van der Waals surface area contributed by atoms with Crippen molar-refractivity contribution in [1.29, 1.82) is 0 Å². The first-order chi connectivity index (χ1) is 11.8. The lowest BCUT2D eigenvalue weighted by molar-refractivity contribution is 0.200. The maximum absolute atomic E-state index is 6.18. The number of methoxy groups -OCH3 is 1. The van der Waals surface area contributed by atoms with Crippen LogP contribution in [0.2, 0.25) is 0 Å². The molecule has 1 atom stereocenters. The highest BCUT2D eigenvalue weighted by Gasteiger charge is 2.18. The summed E-state index contributed by atoms with van der Waals surface area (Å²) in [7, 11) is 1.70. The van der Waals surface area contributed by atoms with Crippen LogP contribution in [0, 0.1) is 0 Å². The number of nitrogens with one attached hydrogen (secondary N) is 1. The van der Waals surface area contributed by atoms with Gasteiger partial charge in [0.05, 0.1) is 13.2 Å². The molecule has 24 heavy (non-hydrogen) atoms. The van der Waals surface area contributed by atoms with Crippen LogP contribution in [0.3, 0.4) is 0 Å². The summed E-state index contributed by atoms with van der Waals surface area (Å²) in [5, 5.41) is 3.58. The summed E-state index contributed by atoms with van der Waals surface area (Å²) in [4.78, 5) is 0. The van der Waals surface area contributed by atoms with Gasteiger partial charge in [-0.1, -0.05) is 36.4 Å². The molecule has 0 aliphatic heterocycles. The molecule has 0 saturated heterocycles. The van der Waals surface area contributed by atoms with Gasteiger partial charge in [-0.25, -0.2) is 0 Å². The molecule has 3 rings (SSSR count). The average molecular weight is 325 g/mol. The third kappa shape index (κ3) is 4.30. The van der Waals surface area contributed by atoms with Gasteiger partial charge in [0.2, 0.25) is 0 Å². The fourth-order valence-electron chi connectivity index (χ4n) is 3.24. The quantitative estimate of drug-likeness (QED) is 0.788. The third-order valence-corrected chi connectivity index (χ3v) is 4.74. The highest BCUT2D eigenvalue weighted by atomic mass is 16.5. The van der Waals surface area contributed by atoms with Crippen LogP contribution < -0.4 is 14.8 Å². The number of ether oxygens (including phenoxy) is 2. The summed E-state index contributed by atoms with van der Waals surface area (Å²) in [5.41, 5.74) is 2.51. The summed E-state index contributed by atoms with van der Waals surface area (Å²) in [6, 6.07) is 17.0. The largest absolute Gasteiger partial charge is 0.493 e. The van der Waals surface area contributed by atoms with Gasteiger partial charge in [-0.15, -0.1) is 0 Å². The zero-order chi connectivity index (χ0) is 16.8. The van der Waals surface area contributed by atoms with E-state index in [0.717, 1.165) is 30.9 Å². The van der Waals surface area contributed by atoms with Crippen LogP contribution in [0.1, 0.15) is 49.8 Å². The minimum absolute atomic E-state index is 0.313. The Labute approximate surface area is 145 Å². The molecule has 1 N–H and O–H groups in total. The van der Waals surface area contributed by atoms with Crippen molar-refractivity contribution in [3.05, 3.63) is 59.7 Å². The molecule has 128 valence electrons. The molecule has 0 radical (unpaired) electrons. The van der Waals surface area contributed by atoms with E-state index in [4.69, 9.17) is 9.47 Å². The number of hydrogen-bond acceptors (Lipinski definition) is 3. The first kappa shape index (κ1) is 16.8. The highest BCUT2D eigenvalue weighted by Crippen LogP contribution is 2.32. The smallest absolute Gasteiger partial charge is 0.161 e. The van der Waals surface area contributed by atoms with E-state index in [1.807, 2.05) is 12.1 Å². The van der Waals surface area contributed by atoms with Crippen molar-refractivity contribution in [3.8, 4) is 11.5 Å². The molecule has 0 heterocycles. The van der Waals surface area contributed by atoms with E-state index in [1.165, 1.54) is 24.0 Å². The fraction of sp³-hybridized carbons (Fsp3) is 0.429. The molecule has 0 bridgehead atoms. The average Bonchev–Trinajstić information content (AvgIpc) is 3.13. The number of hydrogen-bond donors (Lipinski definition) is 1. The Morgan fingerprint density at radius 1 is 1.04 bits per heavy atom. The van der Waals surface area contributed by atoms with Gasteiger partial charge in [0.25, 0.3) is 0 Å². The highest BCUT2D eigenvalue weighted by molar-refractivity contribution is 5.43. The fourth-order valence-corrected chi connectivity index (χ4v) is 3.24. The summed E-state index contributed by atoms with van der Waals surface area (Å²) in [6.45, 7) is 3.00. The molecule has 1 aliphatic rings. The first-order valence-corrected chi connectivity index (χ1v) is 8.88. The number of rotatable bonds is 7.